The van der Waals surface area contributed by atoms with Crippen molar-refractivity contribution in [3.05, 3.63) is 65.5 Å². The molecule has 1 N–H and O–H groups in total. The maximum Gasteiger partial charge on any atom is 0.387 e. The molecule has 0 fully saturated rings. The molecule has 0 saturated heterocycles. The van der Waals surface area contributed by atoms with Gasteiger partial charge in [-0.15, -0.1) is 0 Å². The van der Waals surface area contributed by atoms with E-state index in [1.807, 2.05) is 13.8 Å². The highest BCUT2D eigenvalue weighted by molar-refractivity contribution is 5.78. The smallest absolute Gasteiger partial charge is 0.387 e. The molecule has 0 atom stereocenters. The normalized spacial score (nSPS) is 11.4. The number of halogens is 3. The molecule has 0 spiro atoms. The van der Waals surface area contributed by atoms with E-state index in [9.17, 15) is 18.0 Å². The molecule has 2 aromatic rings. The fraction of sp³-hybridized carbons (Fsp3) is 0.316. The number of hydrogen-bond acceptors (Lipinski definition) is 2. The Kier molecular flexibility index (Phi) is 6.07. The average Bonchev–Trinajstić information content (AvgIpc) is 2.53. The Hall–Kier alpha value is -2.50. The van der Waals surface area contributed by atoms with Gasteiger partial charge in [0.05, 0.1) is 6.42 Å². The van der Waals surface area contributed by atoms with E-state index >= 15 is 0 Å². The minimum Gasteiger partial charge on any atom is -0.435 e. The molecule has 0 radical (unpaired) electrons. The molecule has 0 unspecified atom stereocenters. The van der Waals surface area contributed by atoms with Crippen molar-refractivity contribution in [3.63, 3.8) is 0 Å². The van der Waals surface area contributed by atoms with Crippen LogP contribution in [-0.2, 0) is 16.6 Å². The van der Waals surface area contributed by atoms with Crippen LogP contribution < -0.4 is 10.1 Å². The fourth-order valence-corrected chi connectivity index (χ4v) is 2.41. The molecule has 25 heavy (non-hydrogen) atoms. The van der Waals surface area contributed by atoms with Gasteiger partial charge in [-0.1, -0.05) is 38.1 Å². The van der Waals surface area contributed by atoms with Crippen molar-refractivity contribution in [2.75, 3.05) is 6.54 Å². The number of benzene rings is 2. The number of hydrogen-bond donors (Lipinski definition) is 1. The van der Waals surface area contributed by atoms with Gasteiger partial charge in [0.25, 0.3) is 0 Å². The molecule has 2 rings (SSSR count). The van der Waals surface area contributed by atoms with Crippen LogP contribution in [0.1, 0.15) is 25.0 Å². The molecule has 0 bridgehead atoms. The largest absolute Gasteiger partial charge is 0.435 e. The van der Waals surface area contributed by atoms with Crippen molar-refractivity contribution in [3.8, 4) is 5.75 Å². The summed E-state index contributed by atoms with van der Waals surface area (Å²) in [5.41, 5.74) is 0.901. The Bertz CT molecular complexity index is 732. The number of alkyl halides is 2. The molecule has 2 aromatic carbocycles. The topological polar surface area (TPSA) is 38.3 Å². The van der Waals surface area contributed by atoms with Crippen LogP contribution in [0.4, 0.5) is 13.2 Å². The van der Waals surface area contributed by atoms with Crippen molar-refractivity contribution in [1.29, 1.82) is 0 Å². The van der Waals surface area contributed by atoms with E-state index in [0.29, 0.717) is 12.1 Å². The first-order chi connectivity index (χ1) is 11.8. The molecule has 0 aromatic heterocycles. The summed E-state index contributed by atoms with van der Waals surface area (Å²) in [6, 6.07) is 12.3. The molecule has 134 valence electrons. The minimum atomic E-state index is -2.91. The molecule has 0 aliphatic rings. The minimum absolute atomic E-state index is 0.0143. The molecular weight excluding hydrogens is 331 g/mol. The standard InChI is InChI=1S/C19H20F3NO2/c1-19(2,14-6-4-7-15(20)11-14)12-23-17(24)10-13-5-3-8-16(9-13)25-18(21)22/h3-9,11,18H,10,12H2,1-2H3,(H,23,24). The maximum atomic E-state index is 13.4. The molecule has 3 nitrogen and oxygen atoms in total. The van der Waals surface area contributed by atoms with Gasteiger partial charge in [-0.25, -0.2) is 4.39 Å². The average molecular weight is 351 g/mol. The summed E-state index contributed by atoms with van der Waals surface area (Å²) in [6.45, 7) is 1.22. The van der Waals surface area contributed by atoms with E-state index in [0.717, 1.165) is 5.56 Å². The van der Waals surface area contributed by atoms with Gasteiger partial charge in [0.15, 0.2) is 0 Å². The van der Waals surface area contributed by atoms with E-state index in [1.165, 1.54) is 24.3 Å². The molecular formula is C19H20F3NO2. The highest BCUT2D eigenvalue weighted by Crippen LogP contribution is 2.23. The number of nitrogens with one attached hydrogen (secondary N) is 1. The number of carbonyl (C=O) groups is 1. The first kappa shape index (κ1) is 18.8. The van der Waals surface area contributed by atoms with E-state index in [2.05, 4.69) is 10.1 Å². The number of carbonyl (C=O) groups excluding carboxylic acids is 1. The Morgan fingerprint density at radius 2 is 1.88 bits per heavy atom. The van der Waals surface area contributed by atoms with Gasteiger partial charge in [-0.2, -0.15) is 8.78 Å². The predicted octanol–water partition coefficient (Wildman–Crippen LogP) is 4.06. The van der Waals surface area contributed by atoms with Gasteiger partial charge < -0.3 is 10.1 Å². The van der Waals surface area contributed by atoms with Gasteiger partial charge >= 0.3 is 6.61 Å². The first-order valence-electron chi connectivity index (χ1n) is 7.83. The summed E-state index contributed by atoms with van der Waals surface area (Å²) in [5, 5.41) is 2.80. The third-order valence-corrected chi connectivity index (χ3v) is 3.82. The van der Waals surface area contributed by atoms with Crippen molar-refractivity contribution in [2.24, 2.45) is 0 Å². The quantitative estimate of drug-likeness (QED) is 0.817. The highest BCUT2D eigenvalue weighted by Gasteiger charge is 2.22. The second kappa shape index (κ2) is 8.05. The van der Waals surface area contributed by atoms with Crippen molar-refractivity contribution >= 4 is 5.91 Å². The number of ether oxygens (including phenoxy) is 1. The van der Waals surface area contributed by atoms with Gasteiger partial charge in [0.2, 0.25) is 5.91 Å². The zero-order valence-electron chi connectivity index (χ0n) is 14.1. The summed E-state index contributed by atoms with van der Waals surface area (Å²) >= 11 is 0. The van der Waals surface area contributed by atoms with Gasteiger partial charge in [0.1, 0.15) is 11.6 Å². The summed E-state index contributed by atoms with van der Waals surface area (Å²) in [4.78, 5) is 12.1. The molecule has 0 saturated carbocycles. The second-order valence-electron chi connectivity index (χ2n) is 6.37. The Balaban J connectivity index is 1.94. The van der Waals surface area contributed by atoms with Gasteiger partial charge in [0, 0.05) is 12.0 Å². The third kappa shape index (κ3) is 5.81. The zero-order valence-corrected chi connectivity index (χ0v) is 14.1. The second-order valence-corrected chi connectivity index (χ2v) is 6.37. The first-order valence-corrected chi connectivity index (χ1v) is 7.83. The summed E-state index contributed by atoms with van der Waals surface area (Å²) < 4.78 is 42.1. The molecule has 0 aliphatic heterocycles. The van der Waals surface area contributed by atoms with Crippen LogP contribution in [0.5, 0.6) is 5.75 Å². The number of amides is 1. The lowest BCUT2D eigenvalue weighted by Crippen LogP contribution is -2.37. The van der Waals surface area contributed by atoms with Crippen LogP contribution in [-0.4, -0.2) is 19.1 Å². The van der Waals surface area contributed by atoms with E-state index in [4.69, 9.17) is 0 Å². The lowest BCUT2D eigenvalue weighted by atomic mass is 9.84. The fourth-order valence-electron chi connectivity index (χ4n) is 2.41. The van der Waals surface area contributed by atoms with E-state index in [1.54, 1.807) is 24.3 Å². The van der Waals surface area contributed by atoms with Crippen molar-refractivity contribution in [1.82, 2.24) is 5.32 Å². The Morgan fingerprint density at radius 3 is 2.56 bits per heavy atom. The summed E-state index contributed by atoms with van der Waals surface area (Å²) in [5.74, 6) is -0.563. The van der Waals surface area contributed by atoms with E-state index in [-0.39, 0.29) is 23.9 Å². The summed E-state index contributed by atoms with van der Waals surface area (Å²) in [6.07, 6.45) is 0.0413. The van der Waals surface area contributed by atoms with Crippen molar-refractivity contribution < 1.29 is 22.7 Å². The molecule has 0 heterocycles. The maximum absolute atomic E-state index is 13.4. The Labute approximate surface area is 144 Å². The van der Waals surface area contributed by atoms with Gasteiger partial charge in [-0.05, 0) is 35.4 Å². The lowest BCUT2D eigenvalue weighted by Gasteiger charge is -2.25. The van der Waals surface area contributed by atoms with Crippen LogP contribution in [0.3, 0.4) is 0 Å². The van der Waals surface area contributed by atoms with Crippen LogP contribution in [0, 0.1) is 5.82 Å². The SMILES string of the molecule is CC(C)(CNC(=O)Cc1cccc(OC(F)F)c1)c1cccc(F)c1. The van der Waals surface area contributed by atoms with Crippen molar-refractivity contribution in [2.45, 2.75) is 32.3 Å². The summed E-state index contributed by atoms with van der Waals surface area (Å²) in [7, 11) is 0. The predicted molar refractivity (Wildman–Crippen MR) is 89.2 cm³/mol. The van der Waals surface area contributed by atoms with Crippen LogP contribution in [0.2, 0.25) is 0 Å². The molecule has 6 heteroatoms. The molecule has 1 amide bonds. The number of rotatable bonds is 7. The Morgan fingerprint density at radius 1 is 1.16 bits per heavy atom. The van der Waals surface area contributed by atoms with Crippen LogP contribution in [0.15, 0.2) is 48.5 Å². The lowest BCUT2D eigenvalue weighted by molar-refractivity contribution is -0.120. The van der Waals surface area contributed by atoms with E-state index < -0.39 is 12.0 Å². The van der Waals surface area contributed by atoms with Crippen LogP contribution >= 0.6 is 0 Å². The zero-order chi connectivity index (χ0) is 18.4. The third-order valence-electron chi connectivity index (χ3n) is 3.82. The van der Waals surface area contributed by atoms with Gasteiger partial charge in [-0.3, -0.25) is 4.79 Å². The monoisotopic (exact) mass is 351 g/mol. The van der Waals surface area contributed by atoms with Crippen LogP contribution in [0.25, 0.3) is 0 Å². The molecule has 0 aliphatic carbocycles. The highest BCUT2D eigenvalue weighted by atomic mass is 19.3.